The number of para-hydroxylation sites is 1. The highest BCUT2D eigenvalue weighted by Crippen LogP contribution is 2.46. The zero-order chi connectivity index (χ0) is 21.0. The van der Waals surface area contributed by atoms with Gasteiger partial charge in [-0.3, -0.25) is 4.90 Å². The van der Waals surface area contributed by atoms with Crippen LogP contribution in [0.2, 0.25) is 0 Å². The molecule has 31 heavy (non-hydrogen) atoms. The molecule has 5 rings (SSSR count). The zero-order valence-corrected chi connectivity index (χ0v) is 17.8. The van der Waals surface area contributed by atoms with Gasteiger partial charge >= 0.3 is 6.02 Å². The van der Waals surface area contributed by atoms with Crippen molar-refractivity contribution in [3.05, 3.63) is 54.6 Å². The molecule has 160 valence electrons. The quantitative estimate of drug-likeness (QED) is 0.458. The molecule has 2 aliphatic carbocycles. The first-order valence-corrected chi connectivity index (χ1v) is 11.3. The molecule has 6 nitrogen and oxygen atoms in total. The van der Waals surface area contributed by atoms with Crippen molar-refractivity contribution in [1.82, 2.24) is 4.90 Å². The van der Waals surface area contributed by atoms with E-state index in [0.717, 1.165) is 49.7 Å². The average Bonchev–Trinajstić information content (AvgIpc) is 3.45. The van der Waals surface area contributed by atoms with E-state index >= 15 is 0 Å². The fraction of sp³-hybridized carbons (Fsp3) is 0.440. The van der Waals surface area contributed by atoms with Crippen molar-refractivity contribution < 1.29 is 4.74 Å². The van der Waals surface area contributed by atoms with Gasteiger partial charge in [-0.05, 0) is 67.5 Å². The van der Waals surface area contributed by atoms with E-state index in [-0.39, 0.29) is 6.02 Å². The average molecular weight is 416 g/mol. The normalized spacial score (nSPS) is 26.0. The van der Waals surface area contributed by atoms with E-state index in [2.05, 4.69) is 32.2 Å². The van der Waals surface area contributed by atoms with Crippen LogP contribution in [0.15, 0.2) is 59.6 Å². The van der Waals surface area contributed by atoms with Crippen LogP contribution in [0.3, 0.4) is 0 Å². The fourth-order valence-corrected chi connectivity index (χ4v) is 5.57. The highest BCUT2D eigenvalue weighted by molar-refractivity contribution is 5.91. The number of hydrogen-bond acceptors (Lipinski definition) is 5. The molecular weight excluding hydrogens is 386 g/mol. The molecule has 0 aromatic heterocycles. The topological polar surface area (TPSA) is 63.9 Å². The van der Waals surface area contributed by atoms with Crippen molar-refractivity contribution in [2.24, 2.45) is 16.8 Å². The first-order valence-electron chi connectivity index (χ1n) is 11.3. The van der Waals surface area contributed by atoms with Crippen molar-refractivity contribution in [3.8, 4) is 11.9 Å². The molecule has 2 aromatic carbocycles. The van der Waals surface area contributed by atoms with Crippen LogP contribution in [0.1, 0.15) is 25.7 Å². The van der Waals surface area contributed by atoms with E-state index < -0.39 is 0 Å². The van der Waals surface area contributed by atoms with E-state index in [4.69, 9.17) is 10.00 Å². The molecule has 1 saturated heterocycles. The summed E-state index contributed by atoms with van der Waals surface area (Å²) in [5, 5.41) is 12.1. The summed E-state index contributed by atoms with van der Waals surface area (Å²) in [5.74, 6) is 2.60. The van der Waals surface area contributed by atoms with Crippen LogP contribution in [0.25, 0.3) is 0 Å². The largest absolute Gasteiger partial charge is 0.425 e. The summed E-state index contributed by atoms with van der Waals surface area (Å²) in [6.45, 7) is 4.49. The van der Waals surface area contributed by atoms with Crippen LogP contribution >= 0.6 is 0 Å². The second-order valence-electron chi connectivity index (χ2n) is 8.87. The first-order chi connectivity index (χ1) is 15.3. The highest BCUT2D eigenvalue weighted by Gasteiger charge is 2.42. The Balaban J connectivity index is 1.16. The van der Waals surface area contributed by atoms with Crippen LogP contribution in [-0.2, 0) is 0 Å². The molecule has 2 aromatic rings. The molecule has 3 aliphatic rings. The molecule has 0 unspecified atom stereocenters. The number of hydrogen-bond donors (Lipinski definition) is 1. The zero-order valence-electron chi connectivity index (χ0n) is 17.8. The lowest BCUT2D eigenvalue weighted by Gasteiger charge is -2.41. The lowest BCUT2D eigenvalue weighted by atomic mass is 9.93. The number of piperazine rings is 1. The van der Waals surface area contributed by atoms with Gasteiger partial charge in [0.05, 0.1) is 0 Å². The first kappa shape index (κ1) is 19.9. The molecule has 0 spiro atoms. The van der Waals surface area contributed by atoms with E-state index in [9.17, 15) is 0 Å². The van der Waals surface area contributed by atoms with Crippen LogP contribution in [-0.4, -0.2) is 43.1 Å². The van der Waals surface area contributed by atoms with Crippen molar-refractivity contribution in [2.45, 2.75) is 31.7 Å². The van der Waals surface area contributed by atoms with Crippen LogP contribution in [0, 0.1) is 23.3 Å². The second kappa shape index (κ2) is 8.99. The maximum Gasteiger partial charge on any atom is 0.310 e. The molecular formula is C25H29N5O. The number of anilines is 2. The molecule has 2 bridgehead atoms. The van der Waals surface area contributed by atoms with Gasteiger partial charge in [-0.15, -0.1) is 4.99 Å². The maximum absolute atomic E-state index is 8.97. The Morgan fingerprint density at radius 2 is 1.74 bits per heavy atom. The molecule has 0 radical (unpaired) electrons. The van der Waals surface area contributed by atoms with Crippen LogP contribution in [0.5, 0.6) is 5.75 Å². The number of ether oxygens (including phenoxy) is 1. The molecule has 1 aliphatic heterocycles. The summed E-state index contributed by atoms with van der Waals surface area (Å²) in [5.41, 5.74) is 2.08. The number of nitrogens with one attached hydrogen (secondary N) is 1. The Hall–Kier alpha value is -3.04. The van der Waals surface area contributed by atoms with Crippen LogP contribution < -0.4 is 15.0 Å². The molecule has 1 heterocycles. The third-order valence-electron chi connectivity index (χ3n) is 7.08. The number of benzene rings is 2. The van der Waals surface area contributed by atoms with Gasteiger partial charge in [0.2, 0.25) is 6.19 Å². The maximum atomic E-state index is 8.97. The van der Waals surface area contributed by atoms with Gasteiger partial charge in [0.1, 0.15) is 5.75 Å². The predicted molar refractivity (Wildman–Crippen MR) is 123 cm³/mol. The summed E-state index contributed by atoms with van der Waals surface area (Å²) in [4.78, 5) is 8.98. The Kier molecular flexibility index (Phi) is 5.77. The number of rotatable bonds is 4. The molecule has 2 saturated carbocycles. The molecule has 3 fully saturated rings. The molecule has 6 heteroatoms. The molecule has 1 N–H and O–H groups in total. The Bertz CT molecular complexity index is 944. The Morgan fingerprint density at radius 1 is 0.968 bits per heavy atom. The van der Waals surface area contributed by atoms with E-state index in [1.807, 2.05) is 42.5 Å². The molecule has 0 amide bonds. The summed E-state index contributed by atoms with van der Waals surface area (Å²) >= 11 is 0. The SMILES string of the molecule is N#C/N=C(/Nc1ccc(N2CCN([C@H]3C[C@@H]4CC[C@H]3C4)CC2)cc1)Oc1ccccc1. The Labute approximate surface area is 184 Å². The van der Waals surface area contributed by atoms with Crippen LogP contribution in [0.4, 0.5) is 11.4 Å². The van der Waals surface area contributed by atoms with Gasteiger partial charge in [-0.1, -0.05) is 24.6 Å². The number of fused-ring (bicyclic) bond motifs is 2. The van der Waals surface area contributed by atoms with Gasteiger partial charge in [0.25, 0.3) is 0 Å². The lowest BCUT2D eigenvalue weighted by molar-refractivity contribution is 0.135. The lowest BCUT2D eigenvalue weighted by Crippen LogP contribution is -2.51. The van der Waals surface area contributed by atoms with Gasteiger partial charge in [-0.2, -0.15) is 5.26 Å². The number of aliphatic imine (C=N–C) groups is 1. The minimum absolute atomic E-state index is 0.168. The van der Waals surface area contributed by atoms with E-state index in [1.54, 1.807) is 6.19 Å². The minimum Gasteiger partial charge on any atom is -0.425 e. The summed E-state index contributed by atoms with van der Waals surface area (Å²) in [7, 11) is 0. The number of nitrogens with zero attached hydrogens (tertiary/aromatic N) is 4. The smallest absolute Gasteiger partial charge is 0.310 e. The minimum atomic E-state index is 0.168. The third-order valence-corrected chi connectivity index (χ3v) is 7.08. The summed E-state index contributed by atoms with van der Waals surface area (Å²) in [6.07, 6.45) is 7.63. The van der Waals surface area contributed by atoms with Crippen molar-refractivity contribution in [3.63, 3.8) is 0 Å². The predicted octanol–water partition coefficient (Wildman–Crippen LogP) is 4.33. The van der Waals surface area contributed by atoms with Crippen molar-refractivity contribution >= 4 is 17.4 Å². The standard InChI is InChI=1S/C25H29N5O/c26-18-27-25(31-23-4-2-1-3-5-23)28-21-8-10-22(11-9-21)29-12-14-30(15-13-29)24-17-19-6-7-20(24)16-19/h1-5,8-11,19-20,24H,6-7,12-17H2,(H,27,28)/t19-,20+,24+/m1/s1. The second-order valence-corrected chi connectivity index (χ2v) is 8.87. The molecule has 3 atom stereocenters. The number of amidine groups is 1. The van der Waals surface area contributed by atoms with Crippen molar-refractivity contribution in [2.75, 3.05) is 36.4 Å². The third kappa shape index (κ3) is 4.52. The highest BCUT2D eigenvalue weighted by atomic mass is 16.5. The van der Waals surface area contributed by atoms with Crippen molar-refractivity contribution in [1.29, 1.82) is 5.26 Å². The summed E-state index contributed by atoms with van der Waals surface area (Å²) in [6, 6.07) is 18.6. The van der Waals surface area contributed by atoms with E-state index in [0.29, 0.717) is 5.75 Å². The van der Waals surface area contributed by atoms with E-state index in [1.165, 1.54) is 31.4 Å². The van der Waals surface area contributed by atoms with Gasteiger partial charge in [0.15, 0.2) is 0 Å². The number of nitriles is 1. The Morgan fingerprint density at radius 3 is 2.39 bits per heavy atom. The monoisotopic (exact) mass is 415 g/mol. The summed E-state index contributed by atoms with van der Waals surface area (Å²) < 4.78 is 5.69. The van der Waals surface area contributed by atoms with Gasteiger partial charge < -0.3 is 15.0 Å². The fourth-order valence-electron chi connectivity index (χ4n) is 5.57. The van der Waals surface area contributed by atoms with Gasteiger partial charge in [0, 0.05) is 43.6 Å². The van der Waals surface area contributed by atoms with Gasteiger partial charge in [-0.25, -0.2) is 0 Å².